The lowest BCUT2D eigenvalue weighted by atomic mass is 9.94. The van der Waals surface area contributed by atoms with Crippen molar-refractivity contribution >= 4 is 34.3 Å². The first-order valence-corrected chi connectivity index (χ1v) is 12.2. The molecule has 0 spiro atoms. The second kappa shape index (κ2) is 12.0. The second-order valence-electron chi connectivity index (χ2n) is 8.95. The number of ether oxygens (including phenoxy) is 1. The zero-order valence-corrected chi connectivity index (χ0v) is 20.7. The zero-order valence-electron chi connectivity index (χ0n) is 19.9. The first-order valence-electron chi connectivity index (χ1n) is 11.8. The minimum Gasteiger partial charge on any atom is -0.469 e. The Balaban J connectivity index is 1.69. The van der Waals surface area contributed by atoms with Gasteiger partial charge in [-0.05, 0) is 55.4 Å². The molecule has 3 rings (SSSR count). The van der Waals surface area contributed by atoms with Crippen LogP contribution >= 0.6 is 11.6 Å². The van der Waals surface area contributed by atoms with Gasteiger partial charge < -0.3 is 9.30 Å². The van der Waals surface area contributed by atoms with Gasteiger partial charge >= 0.3 is 5.97 Å². The van der Waals surface area contributed by atoms with Crippen LogP contribution in [0.1, 0.15) is 67.1 Å². The molecule has 0 aliphatic rings. The third-order valence-electron chi connectivity index (χ3n) is 6.31. The topological polar surface area (TPSA) is 48.3 Å². The molecule has 33 heavy (non-hydrogen) atoms. The van der Waals surface area contributed by atoms with Crippen molar-refractivity contribution in [1.29, 1.82) is 0 Å². The molecular formula is C28H34ClNO3. The lowest BCUT2D eigenvalue weighted by Crippen LogP contribution is -2.13. The Bertz CT molecular complexity index is 1090. The van der Waals surface area contributed by atoms with Gasteiger partial charge in [0.1, 0.15) is 0 Å². The Hall–Kier alpha value is -2.59. The Kier molecular flexibility index (Phi) is 9.13. The summed E-state index contributed by atoms with van der Waals surface area (Å²) in [5, 5.41) is 1.52. The Morgan fingerprint density at radius 2 is 1.67 bits per heavy atom. The molecule has 1 aromatic heterocycles. The van der Waals surface area contributed by atoms with E-state index in [0.717, 1.165) is 47.8 Å². The molecule has 1 atom stereocenters. The summed E-state index contributed by atoms with van der Waals surface area (Å²) in [6.45, 7) is 1.92. The fraction of sp³-hybridized carbons (Fsp3) is 0.429. The number of hydrogen-bond donors (Lipinski definition) is 0. The van der Waals surface area contributed by atoms with Crippen LogP contribution in [0.4, 0.5) is 0 Å². The molecule has 0 amide bonds. The molecule has 0 aliphatic heterocycles. The van der Waals surface area contributed by atoms with Gasteiger partial charge in [-0.3, -0.25) is 9.59 Å². The van der Waals surface area contributed by atoms with Crippen LogP contribution < -0.4 is 0 Å². The average Bonchev–Trinajstić information content (AvgIpc) is 3.07. The van der Waals surface area contributed by atoms with E-state index in [0.29, 0.717) is 11.4 Å². The number of carbonyl (C=O) groups excluding carboxylic acids is 2. The maximum Gasteiger partial charge on any atom is 0.305 e. The first-order chi connectivity index (χ1) is 15.9. The molecule has 1 unspecified atom stereocenters. The number of rotatable bonds is 12. The van der Waals surface area contributed by atoms with E-state index in [1.165, 1.54) is 25.5 Å². The molecule has 0 N–H and O–H groups in total. The maximum absolute atomic E-state index is 13.4. The number of aryl methyl sites for hydroxylation is 2. The van der Waals surface area contributed by atoms with Gasteiger partial charge in [0.05, 0.1) is 7.11 Å². The van der Waals surface area contributed by atoms with Crippen LogP contribution in [0.25, 0.3) is 10.9 Å². The van der Waals surface area contributed by atoms with Crippen molar-refractivity contribution in [2.24, 2.45) is 13.0 Å². The van der Waals surface area contributed by atoms with Crippen LogP contribution in [0.5, 0.6) is 0 Å². The highest BCUT2D eigenvalue weighted by atomic mass is 35.5. The summed E-state index contributed by atoms with van der Waals surface area (Å²) in [5.41, 5.74) is 4.22. The number of benzene rings is 2. The summed E-state index contributed by atoms with van der Waals surface area (Å²) < 4.78 is 6.90. The number of Topliss-reactive ketones (excluding diaryl/α,β-unsaturated/α-hetero) is 1. The van der Waals surface area contributed by atoms with Crippen molar-refractivity contribution in [2.45, 2.75) is 58.3 Å². The van der Waals surface area contributed by atoms with E-state index < -0.39 is 0 Å². The van der Waals surface area contributed by atoms with E-state index in [9.17, 15) is 9.59 Å². The van der Waals surface area contributed by atoms with Gasteiger partial charge in [0.25, 0.3) is 0 Å². The van der Waals surface area contributed by atoms with E-state index in [-0.39, 0.29) is 24.1 Å². The van der Waals surface area contributed by atoms with Crippen molar-refractivity contribution in [3.05, 3.63) is 70.4 Å². The summed E-state index contributed by atoms with van der Waals surface area (Å²) >= 11 is 6.28. The van der Waals surface area contributed by atoms with Crippen LogP contribution in [-0.4, -0.2) is 23.4 Å². The molecule has 2 aromatic carbocycles. The summed E-state index contributed by atoms with van der Waals surface area (Å²) in [4.78, 5) is 25.0. The number of ketones is 1. The summed E-state index contributed by atoms with van der Waals surface area (Å²) in [6.07, 6.45) is 7.01. The van der Waals surface area contributed by atoms with Gasteiger partial charge in [-0.2, -0.15) is 0 Å². The quantitative estimate of drug-likeness (QED) is 0.164. The molecule has 4 nitrogen and oxygen atoms in total. The van der Waals surface area contributed by atoms with Gasteiger partial charge in [0.2, 0.25) is 0 Å². The van der Waals surface area contributed by atoms with Crippen LogP contribution in [0.3, 0.4) is 0 Å². The molecule has 0 fully saturated rings. The van der Waals surface area contributed by atoms with E-state index in [1.807, 2.05) is 32.2 Å². The molecular weight excluding hydrogens is 434 g/mol. The number of nitrogens with zero attached hydrogens (tertiary/aromatic N) is 1. The Morgan fingerprint density at radius 1 is 0.970 bits per heavy atom. The maximum atomic E-state index is 13.4. The van der Waals surface area contributed by atoms with Gasteiger partial charge in [-0.25, -0.2) is 0 Å². The second-order valence-corrected chi connectivity index (χ2v) is 9.39. The number of hydrogen-bond acceptors (Lipinski definition) is 3. The van der Waals surface area contributed by atoms with Crippen LogP contribution in [0, 0.1) is 5.92 Å². The number of unbranched alkanes of at least 4 members (excludes halogenated alkanes) is 3. The highest BCUT2D eigenvalue weighted by Gasteiger charge is 2.23. The van der Waals surface area contributed by atoms with Gasteiger partial charge in [0.15, 0.2) is 5.78 Å². The van der Waals surface area contributed by atoms with Crippen molar-refractivity contribution < 1.29 is 14.3 Å². The SMILES string of the molecule is COC(=O)CC(C)CC(=O)c1c(CCCCCCc2ccccc2)n(C)c2ccc(Cl)cc12. The molecule has 5 heteroatoms. The normalized spacial score (nSPS) is 12.1. The fourth-order valence-electron chi connectivity index (χ4n) is 4.55. The number of carbonyl (C=O) groups is 2. The number of aromatic nitrogens is 1. The molecule has 0 aliphatic carbocycles. The van der Waals surface area contributed by atoms with Crippen LogP contribution in [-0.2, 0) is 29.4 Å². The smallest absolute Gasteiger partial charge is 0.305 e. The van der Waals surface area contributed by atoms with Crippen LogP contribution in [0.15, 0.2) is 48.5 Å². The van der Waals surface area contributed by atoms with Crippen LogP contribution in [0.2, 0.25) is 5.02 Å². The average molecular weight is 468 g/mol. The van der Waals surface area contributed by atoms with E-state index >= 15 is 0 Å². The highest BCUT2D eigenvalue weighted by molar-refractivity contribution is 6.31. The number of esters is 1. The standard InChI is InChI=1S/C28H34ClNO3/c1-20(18-27(32)33-3)17-26(31)28-23-19-22(29)15-16-24(23)30(2)25(28)14-10-5-4-7-11-21-12-8-6-9-13-21/h6,8-9,12-13,15-16,19-20H,4-5,7,10-11,14,17-18H2,1-3H3. The highest BCUT2D eigenvalue weighted by Crippen LogP contribution is 2.31. The molecule has 3 aromatic rings. The third-order valence-corrected chi connectivity index (χ3v) is 6.55. The largest absolute Gasteiger partial charge is 0.469 e. The summed E-state index contributed by atoms with van der Waals surface area (Å²) in [7, 11) is 3.40. The minimum absolute atomic E-state index is 0.0679. The molecule has 0 radical (unpaired) electrons. The molecule has 0 bridgehead atoms. The van der Waals surface area contributed by atoms with Crippen molar-refractivity contribution in [3.63, 3.8) is 0 Å². The zero-order chi connectivity index (χ0) is 23.8. The lowest BCUT2D eigenvalue weighted by Gasteiger charge is -2.11. The monoisotopic (exact) mass is 467 g/mol. The third kappa shape index (κ3) is 6.70. The van der Waals surface area contributed by atoms with Crippen molar-refractivity contribution in [1.82, 2.24) is 4.57 Å². The Morgan fingerprint density at radius 3 is 2.36 bits per heavy atom. The van der Waals surface area contributed by atoms with E-state index in [2.05, 4.69) is 34.9 Å². The minimum atomic E-state index is -0.285. The summed E-state index contributed by atoms with van der Waals surface area (Å²) in [6, 6.07) is 16.3. The number of fused-ring (bicyclic) bond motifs is 1. The molecule has 1 heterocycles. The van der Waals surface area contributed by atoms with E-state index in [1.54, 1.807) is 0 Å². The number of halogens is 1. The van der Waals surface area contributed by atoms with E-state index in [4.69, 9.17) is 16.3 Å². The first kappa shape index (κ1) is 25.0. The van der Waals surface area contributed by atoms with Gasteiger partial charge in [-0.1, -0.05) is 61.7 Å². The van der Waals surface area contributed by atoms with Crippen molar-refractivity contribution in [2.75, 3.05) is 7.11 Å². The molecule has 0 saturated heterocycles. The molecule has 0 saturated carbocycles. The van der Waals surface area contributed by atoms with Gasteiger partial charge in [-0.15, -0.1) is 0 Å². The predicted molar refractivity (Wildman–Crippen MR) is 135 cm³/mol. The fourth-order valence-corrected chi connectivity index (χ4v) is 4.72. The molecule has 176 valence electrons. The number of methoxy groups -OCH3 is 1. The predicted octanol–water partition coefficient (Wildman–Crippen LogP) is 6.95. The Labute approximate surface area is 201 Å². The van der Waals surface area contributed by atoms with Gasteiger partial charge in [0, 0.05) is 47.1 Å². The summed E-state index contributed by atoms with van der Waals surface area (Å²) in [5.74, 6) is -0.296. The van der Waals surface area contributed by atoms with Crippen molar-refractivity contribution in [3.8, 4) is 0 Å². The lowest BCUT2D eigenvalue weighted by molar-refractivity contribution is -0.141.